The van der Waals surface area contributed by atoms with Crippen LogP contribution in [-0.4, -0.2) is 116 Å². The van der Waals surface area contributed by atoms with Crippen LogP contribution in [0.2, 0.25) is 5.02 Å². The minimum absolute atomic E-state index is 0.0111. The van der Waals surface area contributed by atoms with Gasteiger partial charge in [0.1, 0.15) is 12.1 Å². The molecule has 2 aliphatic rings. The predicted octanol–water partition coefficient (Wildman–Crippen LogP) is 3.78. The summed E-state index contributed by atoms with van der Waals surface area (Å²) in [6, 6.07) is 19.4. The van der Waals surface area contributed by atoms with E-state index in [-0.39, 0.29) is 51.5 Å². The van der Waals surface area contributed by atoms with Crippen LogP contribution in [0.25, 0.3) is 0 Å². The van der Waals surface area contributed by atoms with Crippen molar-refractivity contribution in [1.82, 2.24) is 20.2 Å². The van der Waals surface area contributed by atoms with Gasteiger partial charge in [-0.15, -0.1) is 0 Å². The second-order valence-corrected chi connectivity index (χ2v) is 16.7. The molecule has 54 heavy (non-hydrogen) atoms. The van der Waals surface area contributed by atoms with Gasteiger partial charge in [0.15, 0.2) is 0 Å². The van der Waals surface area contributed by atoms with Gasteiger partial charge in [-0.3, -0.25) is 28.4 Å². The summed E-state index contributed by atoms with van der Waals surface area (Å²) in [5.74, 6) is -0.886. The first kappa shape index (κ1) is 40.3. The maximum Gasteiger partial charge on any atom is 0.408 e. The topological polar surface area (TPSA) is 160 Å². The van der Waals surface area contributed by atoms with E-state index < -0.39 is 39.7 Å². The van der Waals surface area contributed by atoms with E-state index >= 15 is 0 Å². The molecule has 2 heterocycles. The standard InChI is InChI=1S/C38H47ClN6O8S/c1-38(2,3)53-43(26-46)21-22-45(54(4,51)52)33-12-8-7-11-32(33)41-17-19-42(20-18-41)36(48)31(23-27-13-15-30(39)16-14-27)40-35(47)34-24-28-9-5-6-10-29(28)25-44(34)37(49)50/h5-16,26,31,34H,17-25H2,1-4H3,(H,40,47)(H,49,50)/t31-,34+/m1/s1. The minimum atomic E-state index is -3.79. The van der Waals surface area contributed by atoms with E-state index in [2.05, 4.69) is 5.32 Å². The Morgan fingerprint density at radius 3 is 2.20 bits per heavy atom. The molecule has 0 spiro atoms. The van der Waals surface area contributed by atoms with Crippen molar-refractivity contribution in [2.75, 3.05) is 54.7 Å². The SMILES string of the molecule is CC(C)(C)ON(C=O)CCN(c1ccccc1N1CCN(C(=O)[C@@H](Cc2ccc(Cl)cc2)NC(=O)[C@@H]2Cc3ccccc3CN2C(=O)O)CC1)S(C)(=O)=O. The van der Waals surface area contributed by atoms with Crippen molar-refractivity contribution in [3.05, 3.63) is 94.5 Å². The summed E-state index contributed by atoms with van der Waals surface area (Å²) in [6.45, 7) is 6.62. The summed E-state index contributed by atoms with van der Waals surface area (Å²) < 4.78 is 27.4. The largest absolute Gasteiger partial charge is 0.465 e. The van der Waals surface area contributed by atoms with E-state index in [0.717, 1.165) is 32.9 Å². The maximum absolute atomic E-state index is 14.2. The van der Waals surface area contributed by atoms with Crippen molar-refractivity contribution in [2.45, 2.75) is 57.8 Å². The molecular formula is C38H47ClN6O8S. The van der Waals surface area contributed by atoms with Crippen molar-refractivity contribution in [2.24, 2.45) is 0 Å². The van der Waals surface area contributed by atoms with Crippen LogP contribution in [0.1, 0.15) is 37.5 Å². The zero-order chi connectivity index (χ0) is 39.2. The highest BCUT2D eigenvalue weighted by Gasteiger charge is 2.38. The number of benzene rings is 3. The molecule has 0 aliphatic carbocycles. The van der Waals surface area contributed by atoms with Crippen molar-refractivity contribution in [1.29, 1.82) is 0 Å². The van der Waals surface area contributed by atoms with Crippen LogP contribution < -0.4 is 14.5 Å². The van der Waals surface area contributed by atoms with Gasteiger partial charge in [0.05, 0.1) is 42.9 Å². The first-order chi connectivity index (χ1) is 25.5. The Bertz CT molecular complexity index is 1930. The van der Waals surface area contributed by atoms with Crippen LogP contribution in [0, 0.1) is 0 Å². The second kappa shape index (κ2) is 17.1. The summed E-state index contributed by atoms with van der Waals surface area (Å²) in [5.41, 5.74) is 2.86. The first-order valence-electron chi connectivity index (χ1n) is 17.7. The monoisotopic (exact) mass is 782 g/mol. The van der Waals surface area contributed by atoms with Crippen LogP contribution in [-0.2, 0) is 48.6 Å². The molecule has 0 radical (unpaired) electrons. The fourth-order valence-electron chi connectivity index (χ4n) is 6.74. The third kappa shape index (κ3) is 10.2. The van der Waals surface area contributed by atoms with Gasteiger partial charge in [-0.1, -0.05) is 60.1 Å². The highest BCUT2D eigenvalue weighted by molar-refractivity contribution is 7.92. The number of carbonyl (C=O) groups excluding carboxylic acids is 3. The molecule has 0 bridgehead atoms. The highest BCUT2D eigenvalue weighted by Crippen LogP contribution is 2.32. The Morgan fingerprint density at radius 1 is 0.963 bits per heavy atom. The molecule has 2 atom stereocenters. The molecule has 290 valence electrons. The molecule has 14 nitrogen and oxygen atoms in total. The number of carboxylic acid groups (broad SMARTS) is 1. The molecule has 4 amide bonds. The Balaban J connectivity index is 1.33. The van der Waals surface area contributed by atoms with Crippen LogP contribution in [0.4, 0.5) is 16.2 Å². The summed E-state index contributed by atoms with van der Waals surface area (Å²) in [7, 11) is -3.79. The van der Waals surface area contributed by atoms with Gasteiger partial charge >= 0.3 is 6.09 Å². The number of hydroxylamine groups is 2. The fraction of sp³-hybridized carbons (Fsp3) is 0.421. The Labute approximate surface area is 321 Å². The molecule has 2 aliphatic heterocycles. The smallest absolute Gasteiger partial charge is 0.408 e. The zero-order valence-corrected chi connectivity index (χ0v) is 32.4. The van der Waals surface area contributed by atoms with Gasteiger partial charge in [0, 0.05) is 44.0 Å². The van der Waals surface area contributed by atoms with Crippen molar-refractivity contribution >= 4 is 57.3 Å². The van der Waals surface area contributed by atoms with E-state index in [1.165, 1.54) is 4.31 Å². The van der Waals surface area contributed by atoms with Crippen molar-refractivity contribution in [3.63, 3.8) is 0 Å². The summed E-state index contributed by atoms with van der Waals surface area (Å²) in [6.07, 6.45) is 0.729. The number of rotatable bonds is 13. The average Bonchev–Trinajstić information content (AvgIpc) is 3.13. The van der Waals surface area contributed by atoms with E-state index in [1.54, 1.807) is 68.1 Å². The average molecular weight is 783 g/mol. The van der Waals surface area contributed by atoms with E-state index in [4.69, 9.17) is 16.4 Å². The molecule has 3 aromatic rings. The Hall–Kier alpha value is -4.86. The summed E-state index contributed by atoms with van der Waals surface area (Å²) in [5, 5.41) is 14.5. The van der Waals surface area contributed by atoms with Crippen molar-refractivity contribution in [3.8, 4) is 0 Å². The second-order valence-electron chi connectivity index (χ2n) is 14.4. The van der Waals surface area contributed by atoms with Gasteiger partial charge in [0.25, 0.3) is 0 Å². The number of sulfonamides is 1. The first-order valence-corrected chi connectivity index (χ1v) is 19.9. The lowest BCUT2D eigenvalue weighted by Crippen LogP contribution is -2.59. The van der Waals surface area contributed by atoms with Gasteiger partial charge in [-0.2, -0.15) is 0 Å². The normalized spacial score (nSPS) is 16.6. The van der Waals surface area contributed by atoms with Gasteiger partial charge in [-0.25, -0.2) is 18.3 Å². The molecule has 3 aromatic carbocycles. The molecule has 2 N–H and O–H groups in total. The lowest BCUT2D eigenvalue weighted by atomic mass is 9.93. The number of hydrogen-bond donors (Lipinski definition) is 2. The Kier molecular flexibility index (Phi) is 12.8. The lowest BCUT2D eigenvalue weighted by Gasteiger charge is -2.40. The highest BCUT2D eigenvalue weighted by atomic mass is 35.5. The van der Waals surface area contributed by atoms with Crippen LogP contribution in [0.15, 0.2) is 72.8 Å². The summed E-state index contributed by atoms with van der Waals surface area (Å²) in [4.78, 5) is 62.5. The Morgan fingerprint density at radius 2 is 1.59 bits per heavy atom. The van der Waals surface area contributed by atoms with Gasteiger partial charge in [0.2, 0.25) is 28.2 Å². The fourth-order valence-corrected chi connectivity index (χ4v) is 7.79. The zero-order valence-electron chi connectivity index (χ0n) is 30.9. The number of halogens is 1. The van der Waals surface area contributed by atoms with E-state index in [0.29, 0.717) is 35.9 Å². The van der Waals surface area contributed by atoms with Gasteiger partial charge < -0.3 is 20.2 Å². The number of para-hydroxylation sites is 2. The van der Waals surface area contributed by atoms with Crippen LogP contribution in [0.3, 0.4) is 0 Å². The molecule has 16 heteroatoms. The maximum atomic E-state index is 14.2. The number of nitrogens with one attached hydrogen (secondary N) is 1. The third-order valence-corrected chi connectivity index (χ3v) is 10.7. The van der Waals surface area contributed by atoms with Crippen LogP contribution >= 0.6 is 11.6 Å². The van der Waals surface area contributed by atoms with Crippen LogP contribution in [0.5, 0.6) is 0 Å². The molecule has 1 fully saturated rings. The minimum Gasteiger partial charge on any atom is -0.465 e. The molecule has 0 unspecified atom stereocenters. The number of carbonyl (C=O) groups is 4. The van der Waals surface area contributed by atoms with Gasteiger partial charge in [-0.05, 0) is 61.7 Å². The predicted molar refractivity (Wildman–Crippen MR) is 206 cm³/mol. The van der Waals surface area contributed by atoms with Crippen molar-refractivity contribution < 1.29 is 37.5 Å². The number of piperazine rings is 1. The quantitative estimate of drug-likeness (QED) is 0.194. The molecular weight excluding hydrogens is 736 g/mol. The number of hydrogen-bond acceptors (Lipinski definition) is 8. The number of amides is 4. The third-order valence-electron chi connectivity index (χ3n) is 9.28. The number of fused-ring (bicyclic) bond motifs is 1. The van der Waals surface area contributed by atoms with E-state index in [9.17, 15) is 32.7 Å². The summed E-state index contributed by atoms with van der Waals surface area (Å²) >= 11 is 6.12. The molecule has 5 rings (SSSR count). The number of anilines is 2. The number of nitrogens with zero attached hydrogens (tertiary/aromatic N) is 5. The van der Waals surface area contributed by atoms with E-state index in [1.807, 2.05) is 35.2 Å². The molecule has 1 saturated heterocycles. The molecule has 0 aromatic heterocycles. The lowest BCUT2D eigenvalue weighted by molar-refractivity contribution is -0.214. The molecule has 0 saturated carbocycles.